The second-order valence-electron chi connectivity index (χ2n) is 6.53. The zero-order valence-corrected chi connectivity index (χ0v) is 16.8. The Morgan fingerprint density at radius 3 is 2.27 bits per heavy atom. The van der Waals surface area contributed by atoms with E-state index in [1.54, 1.807) is 11.3 Å². The molecule has 1 atom stereocenters. The van der Waals surface area contributed by atoms with Gasteiger partial charge in [0.05, 0.1) is 10.2 Å². The number of hydrogen-bond donors (Lipinski definition) is 0. The molecule has 3 nitrogen and oxygen atoms in total. The lowest BCUT2D eigenvalue weighted by Crippen LogP contribution is -2.40. The monoisotopic (exact) mass is 368 g/mol. The van der Waals surface area contributed by atoms with E-state index in [4.69, 9.17) is 9.72 Å². The standard InChI is InChI=1S/C22H28N2OS/c1-4-15-24(16-5-2)21(6-3)25-18-13-11-17(12-14-18)22-23-19-9-7-8-10-20(19)26-22/h7-14,21H,4-6,15-16H2,1-3H3. The number of para-hydroxylation sites is 1. The number of hydrogen-bond acceptors (Lipinski definition) is 4. The average molecular weight is 369 g/mol. The Morgan fingerprint density at radius 1 is 0.962 bits per heavy atom. The third kappa shape index (κ3) is 4.43. The summed E-state index contributed by atoms with van der Waals surface area (Å²) in [5, 5.41) is 1.06. The second-order valence-corrected chi connectivity index (χ2v) is 7.56. The largest absolute Gasteiger partial charge is 0.475 e. The molecule has 0 spiro atoms. The average Bonchev–Trinajstić information content (AvgIpc) is 3.11. The van der Waals surface area contributed by atoms with Gasteiger partial charge < -0.3 is 4.74 Å². The maximum atomic E-state index is 6.29. The van der Waals surface area contributed by atoms with Gasteiger partial charge in [-0.1, -0.05) is 32.9 Å². The fourth-order valence-electron chi connectivity index (χ4n) is 3.22. The molecule has 0 N–H and O–H groups in total. The molecule has 0 saturated carbocycles. The van der Waals surface area contributed by atoms with Gasteiger partial charge in [0.1, 0.15) is 10.8 Å². The first-order chi connectivity index (χ1) is 12.7. The molecule has 0 aliphatic rings. The Labute approximate surface area is 160 Å². The first-order valence-electron chi connectivity index (χ1n) is 9.61. The van der Waals surface area contributed by atoms with E-state index in [0.717, 1.165) is 54.2 Å². The van der Waals surface area contributed by atoms with Crippen LogP contribution in [-0.4, -0.2) is 29.2 Å². The van der Waals surface area contributed by atoms with Gasteiger partial charge in [-0.25, -0.2) is 4.98 Å². The van der Waals surface area contributed by atoms with Crippen molar-refractivity contribution < 1.29 is 4.74 Å². The van der Waals surface area contributed by atoms with Crippen LogP contribution in [0.2, 0.25) is 0 Å². The van der Waals surface area contributed by atoms with Crippen LogP contribution in [0.25, 0.3) is 20.8 Å². The number of aromatic nitrogens is 1. The van der Waals surface area contributed by atoms with Gasteiger partial charge in [-0.3, -0.25) is 4.90 Å². The molecule has 1 heterocycles. The van der Waals surface area contributed by atoms with Gasteiger partial charge in [0, 0.05) is 18.7 Å². The lowest BCUT2D eigenvalue weighted by atomic mass is 10.2. The Kier molecular flexibility index (Phi) is 6.64. The highest BCUT2D eigenvalue weighted by Crippen LogP contribution is 2.31. The van der Waals surface area contributed by atoms with E-state index in [0.29, 0.717) is 0 Å². The fraction of sp³-hybridized carbons (Fsp3) is 0.409. The normalized spacial score (nSPS) is 12.6. The molecule has 0 radical (unpaired) electrons. The number of thiazole rings is 1. The maximum Gasteiger partial charge on any atom is 0.152 e. The van der Waals surface area contributed by atoms with Gasteiger partial charge >= 0.3 is 0 Å². The van der Waals surface area contributed by atoms with Crippen LogP contribution in [0.1, 0.15) is 40.0 Å². The van der Waals surface area contributed by atoms with Crippen LogP contribution in [0, 0.1) is 0 Å². The molecular formula is C22H28N2OS. The van der Waals surface area contributed by atoms with Crippen molar-refractivity contribution >= 4 is 21.6 Å². The summed E-state index contributed by atoms with van der Waals surface area (Å²) in [5.74, 6) is 0.930. The van der Waals surface area contributed by atoms with E-state index < -0.39 is 0 Å². The molecule has 26 heavy (non-hydrogen) atoms. The molecule has 138 valence electrons. The molecule has 0 bridgehead atoms. The molecule has 3 rings (SSSR count). The van der Waals surface area contributed by atoms with Gasteiger partial charge in [-0.2, -0.15) is 0 Å². The van der Waals surface area contributed by atoms with Crippen molar-refractivity contribution in [1.29, 1.82) is 0 Å². The highest BCUT2D eigenvalue weighted by molar-refractivity contribution is 7.21. The highest BCUT2D eigenvalue weighted by Gasteiger charge is 2.17. The van der Waals surface area contributed by atoms with E-state index in [1.807, 2.05) is 6.07 Å². The number of nitrogens with zero attached hydrogens (tertiary/aromatic N) is 2. The molecule has 4 heteroatoms. The van der Waals surface area contributed by atoms with Gasteiger partial charge in [-0.15, -0.1) is 11.3 Å². The van der Waals surface area contributed by atoms with Gasteiger partial charge in [-0.05, 0) is 55.7 Å². The molecule has 0 aliphatic heterocycles. The van der Waals surface area contributed by atoms with Crippen LogP contribution in [0.3, 0.4) is 0 Å². The summed E-state index contributed by atoms with van der Waals surface area (Å²) in [6, 6.07) is 16.6. The summed E-state index contributed by atoms with van der Waals surface area (Å²) >= 11 is 1.73. The van der Waals surface area contributed by atoms with Crippen molar-refractivity contribution in [2.24, 2.45) is 0 Å². The minimum Gasteiger partial charge on any atom is -0.475 e. The summed E-state index contributed by atoms with van der Waals surface area (Å²) in [6.45, 7) is 8.80. The van der Waals surface area contributed by atoms with E-state index in [2.05, 4.69) is 68.1 Å². The molecule has 1 aromatic heterocycles. The Balaban J connectivity index is 1.73. The first kappa shape index (κ1) is 18.9. The SMILES string of the molecule is CCCN(CCC)C(CC)Oc1ccc(-c2nc3ccccc3s2)cc1. The molecule has 0 fully saturated rings. The number of benzene rings is 2. The van der Waals surface area contributed by atoms with Crippen LogP contribution in [0.5, 0.6) is 5.75 Å². The molecule has 1 unspecified atom stereocenters. The van der Waals surface area contributed by atoms with Crippen molar-refractivity contribution in [1.82, 2.24) is 9.88 Å². The van der Waals surface area contributed by atoms with Crippen LogP contribution in [0.15, 0.2) is 48.5 Å². The van der Waals surface area contributed by atoms with Crippen molar-refractivity contribution in [2.75, 3.05) is 13.1 Å². The summed E-state index contributed by atoms with van der Waals surface area (Å²) in [6.07, 6.45) is 3.43. The summed E-state index contributed by atoms with van der Waals surface area (Å²) in [7, 11) is 0. The number of ether oxygens (including phenoxy) is 1. The van der Waals surface area contributed by atoms with E-state index in [9.17, 15) is 0 Å². The third-order valence-electron chi connectivity index (χ3n) is 4.45. The van der Waals surface area contributed by atoms with Crippen LogP contribution >= 0.6 is 11.3 Å². The van der Waals surface area contributed by atoms with E-state index in [-0.39, 0.29) is 6.23 Å². The van der Waals surface area contributed by atoms with E-state index >= 15 is 0 Å². The zero-order chi connectivity index (χ0) is 18.4. The first-order valence-corrected chi connectivity index (χ1v) is 10.4. The molecule has 2 aromatic carbocycles. The lowest BCUT2D eigenvalue weighted by Gasteiger charge is -2.30. The van der Waals surface area contributed by atoms with Gasteiger partial charge in [0.15, 0.2) is 6.23 Å². The Morgan fingerprint density at radius 2 is 1.65 bits per heavy atom. The molecule has 3 aromatic rings. The van der Waals surface area contributed by atoms with Crippen LogP contribution < -0.4 is 4.74 Å². The second kappa shape index (κ2) is 9.15. The summed E-state index contributed by atoms with van der Waals surface area (Å²) < 4.78 is 7.52. The summed E-state index contributed by atoms with van der Waals surface area (Å²) in [4.78, 5) is 7.18. The number of rotatable bonds is 9. The third-order valence-corrected chi connectivity index (χ3v) is 5.53. The predicted octanol–water partition coefficient (Wildman–Crippen LogP) is 6.20. The number of fused-ring (bicyclic) bond motifs is 1. The van der Waals surface area contributed by atoms with Gasteiger partial charge in [0.2, 0.25) is 0 Å². The highest BCUT2D eigenvalue weighted by atomic mass is 32.1. The topological polar surface area (TPSA) is 25.4 Å². The van der Waals surface area contributed by atoms with Crippen LogP contribution in [-0.2, 0) is 0 Å². The Bertz CT molecular complexity index is 773. The Hall–Kier alpha value is -1.91. The van der Waals surface area contributed by atoms with Crippen molar-refractivity contribution in [3.63, 3.8) is 0 Å². The quantitative estimate of drug-likeness (QED) is 0.420. The fourth-order valence-corrected chi connectivity index (χ4v) is 4.19. The van der Waals surface area contributed by atoms with Crippen molar-refractivity contribution in [3.8, 4) is 16.3 Å². The molecular weight excluding hydrogens is 340 g/mol. The summed E-state index contributed by atoms with van der Waals surface area (Å²) in [5.41, 5.74) is 2.21. The van der Waals surface area contributed by atoms with E-state index in [1.165, 1.54) is 4.70 Å². The predicted molar refractivity (Wildman–Crippen MR) is 112 cm³/mol. The van der Waals surface area contributed by atoms with Crippen molar-refractivity contribution in [3.05, 3.63) is 48.5 Å². The molecule has 0 aliphatic carbocycles. The van der Waals surface area contributed by atoms with Crippen LogP contribution in [0.4, 0.5) is 0 Å². The minimum atomic E-state index is 0.142. The smallest absolute Gasteiger partial charge is 0.152 e. The molecule has 0 amide bonds. The minimum absolute atomic E-state index is 0.142. The van der Waals surface area contributed by atoms with Crippen molar-refractivity contribution in [2.45, 2.75) is 46.3 Å². The van der Waals surface area contributed by atoms with Gasteiger partial charge in [0.25, 0.3) is 0 Å². The maximum absolute atomic E-state index is 6.29. The zero-order valence-electron chi connectivity index (χ0n) is 15.9. The molecule has 0 saturated heterocycles. The lowest BCUT2D eigenvalue weighted by molar-refractivity contribution is 0.0221.